The summed E-state index contributed by atoms with van der Waals surface area (Å²) >= 11 is 0. The fourth-order valence-electron chi connectivity index (χ4n) is 1.98. The molecule has 1 N–H and O–H groups in total. The second kappa shape index (κ2) is 7.84. The largest absolute Gasteiger partial charge is 0.493 e. The number of ether oxygens (including phenoxy) is 1. The Morgan fingerprint density at radius 2 is 2.10 bits per heavy atom. The highest BCUT2D eigenvalue weighted by atomic mass is 16.5. The maximum Gasteiger partial charge on any atom is 0.170 e. The van der Waals surface area contributed by atoms with E-state index in [1.165, 1.54) is 0 Å². The molecule has 1 heterocycles. The van der Waals surface area contributed by atoms with Crippen molar-refractivity contribution in [2.75, 3.05) is 13.2 Å². The van der Waals surface area contributed by atoms with Crippen LogP contribution in [-0.4, -0.2) is 18.3 Å². The molecule has 2 aromatic rings. The highest BCUT2D eigenvalue weighted by molar-refractivity contribution is 5.65. The number of nitrogens with one attached hydrogen (secondary N) is 1. The molecule has 0 unspecified atom stereocenters. The first-order chi connectivity index (χ1) is 10.2. The van der Waals surface area contributed by atoms with E-state index in [-0.39, 0.29) is 0 Å². The third-order valence-electron chi connectivity index (χ3n) is 3.22. The molecule has 0 aliphatic rings. The molecule has 0 fully saturated rings. The average molecular weight is 288 g/mol. The zero-order valence-corrected chi connectivity index (χ0v) is 13.1. The van der Waals surface area contributed by atoms with Crippen molar-refractivity contribution in [2.24, 2.45) is 5.92 Å². The van der Waals surface area contributed by atoms with E-state index in [2.05, 4.69) is 31.2 Å². The third-order valence-corrected chi connectivity index (χ3v) is 3.22. The monoisotopic (exact) mass is 288 g/mol. The van der Waals surface area contributed by atoms with Crippen LogP contribution < -0.4 is 10.1 Å². The van der Waals surface area contributed by atoms with Crippen LogP contribution in [0.25, 0.3) is 11.3 Å². The second-order valence-corrected chi connectivity index (χ2v) is 5.49. The van der Waals surface area contributed by atoms with Crippen LogP contribution in [0, 0.1) is 5.92 Å². The molecule has 0 amide bonds. The van der Waals surface area contributed by atoms with Gasteiger partial charge in [0.2, 0.25) is 0 Å². The van der Waals surface area contributed by atoms with Crippen LogP contribution >= 0.6 is 0 Å². The van der Waals surface area contributed by atoms with Crippen molar-refractivity contribution >= 4 is 0 Å². The van der Waals surface area contributed by atoms with Gasteiger partial charge in [-0.2, -0.15) is 0 Å². The van der Waals surface area contributed by atoms with Crippen molar-refractivity contribution in [2.45, 2.75) is 33.7 Å². The van der Waals surface area contributed by atoms with E-state index in [9.17, 15) is 0 Å². The van der Waals surface area contributed by atoms with Gasteiger partial charge in [0.05, 0.1) is 17.9 Å². The second-order valence-electron chi connectivity index (χ2n) is 5.49. The molecule has 21 heavy (non-hydrogen) atoms. The molecule has 0 saturated carbocycles. The van der Waals surface area contributed by atoms with Gasteiger partial charge in [0.25, 0.3) is 0 Å². The summed E-state index contributed by atoms with van der Waals surface area (Å²) in [6.45, 7) is 8.80. The van der Waals surface area contributed by atoms with E-state index in [1.807, 2.05) is 30.3 Å². The standard InChI is InChI=1S/C17H24N2O2/c1-4-18-12-14-11-17(21-19-14)15-7-5-6-8-16(15)20-10-9-13(2)3/h5-8,11,13,18H,4,9-10,12H2,1-3H3. The van der Waals surface area contributed by atoms with Gasteiger partial charge >= 0.3 is 0 Å². The van der Waals surface area contributed by atoms with Gasteiger partial charge in [0, 0.05) is 12.6 Å². The molecule has 0 aliphatic heterocycles. The molecule has 1 aromatic heterocycles. The minimum absolute atomic E-state index is 0.633. The molecule has 2 rings (SSSR count). The molecule has 4 heteroatoms. The molecule has 4 nitrogen and oxygen atoms in total. The Morgan fingerprint density at radius 3 is 2.86 bits per heavy atom. The SMILES string of the molecule is CCNCc1cc(-c2ccccc2OCCC(C)C)on1. The number of para-hydroxylation sites is 1. The normalized spacial score (nSPS) is 11.0. The number of aromatic nitrogens is 1. The van der Waals surface area contributed by atoms with Crippen LogP contribution in [0.5, 0.6) is 5.75 Å². The molecule has 0 saturated heterocycles. The van der Waals surface area contributed by atoms with Crippen LogP contribution in [-0.2, 0) is 6.54 Å². The average Bonchev–Trinajstić information content (AvgIpc) is 2.94. The van der Waals surface area contributed by atoms with Crippen LogP contribution in [0.1, 0.15) is 32.9 Å². The lowest BCUT2D eigenvalue weighted by molar-refractivity contribution is 0.289. The van der Waals surface area contributed by atoms with E-state index in [4.69, 9.17) is 9.26 Å². The Morgan fingerprint density at radius 1 is 1.29 bits per heavy atom. The van der Waals surface area contributed by atoms with Gasteiger partial charge in [0.15, 0.2) is 5.76 Å². The van der Waals surface area contributed by atoms with Crippen molar-refractivity contribution in [1.82, 2.24) is 10.5 Å². The zero-order chi connectivity index (χ0) is 15.1. The molecule has 114 valence electrons. The fourth-order valence-corrected chi connectivity index (χ4v) is 1.98. The summed E-state index contributed by atoms with van der Waals surface area (Å²) in [6.07, 6.45) is 1.04. The number of nitrogens with zero attached hydrogens (tertiary/aromatic N) is 1. The number of benzene rings is 1. The van der Waals surface area contributed by atoms with Crippen molar-refractivity contribution in [3.63, 3.8) is 0 Å². The Kier molecular flexibility index (Phi) is 5.81. The molecular formula is C17H24N2O2. The molecule has 1 aromatic carbocycles. The van der Waals surface area contributed by atoms with E-state index < -0.39 is 0 Å². The number of hydrogen-bond acceptors (Lipinski definition) is 4. The van der Waals surface area contributed by atoms with Crippen LogP contribution in [0.15, 0.2) is 34.9 Å². The molecule has 0 bridgehead atoms. The predicted molar refractivity (Wildman–Crippen MR) is 84.3 cm³/mol. The highest BCUT2D eigenvalue weighted by Crippen LogP contribution is 2.30. The Bertz CT molecular complexity index is 549. The summed E-state index contributed by atoms with van der Waals surface area (Å²) in [5.74, 6) is 2.24. The predicted octanol–water partition coefficient (Wildman–Crippen LogP) is 3.88. The molecule has 0 atom stereocenters. The molecule has 0 radical (unpaired) electrons. The van der Waals surface area contributed by atoms with Gasteiger partial charge in [-0.3, -0.25) is 0 Å². The summed E-state index contributed by atoms with van der Waals surface area (Å²) in [5.41, 5.74) is 1.86. The first-order valence-corrected chi connectivity index (χ1v) is 7.59. The molecule has 0 aliphatic carbocycles. The molecular weight excluding hydrogens is 264 g/mol. The summed E-state index contributed by atoms with van der Waals surface area (Å²) < 4.78 is 11.3. The topological polar surface area (TPSA) is 47.3 Å². The fraction of sp³-hybridized carbons (Fsp3) is 0.471. The van der Waals surface area contributed by atoms with Crippen LogP contribution in [0.4, 0.5) is 0 Å². The summed E-state index contributed by atoms with van der Waals surface area (Å²) in [6, 6.07) is 9.90. The lowest BCUT2D eigenvalue weighted by Crippen LogP contribution is -2.11. The van der Waals surface area contributed by atoms with Crippen molar-refractivity contribution in [3.8, 4) is 17.1 Å². The minimum atomic E-state index is 0.633. The van der Waals surface area contributed by atoms with Gasteiger partial charge in [-0.1, -0.05) is 38.1 Å². The van der Waals surface area contributed by atoms with Crippen LogP contribution in [0.3, 0.4) is 0 Å². The summed E-state index contributed by atoms with van der Waals surface area (Å²) in [5, 5.41) is 7.32. The van der Waals surface area contributed by atoms with E-state index in [0.717, 1.165) is 42.3 Å². The summed E-state index contributed by atoms with van der Waals surface area (Å²) in [7, 11) is 0. The van der Waals surface area contributed by atoms with Gasteiger partial charge in [-0.15, -0.1) is 0 Å². The Hall–Kier alpha value is -1.81. The lowest BCUT2D eigenvalue weighted by Gasteiger charge is -2.10. The van der Waals surface area contributed by atoms with Crippen molar-refractivity contribution in [3.05, 3.63) is 36.0 Å². The Labute approximate surface area is 126 Å². The number of rotatable bonds is 8. The zero-order valence-electron chi connectivity index (χ0n) is 13.1. The minimum Gasteiger partial charge on any atom is -0.493 e. The van der Waals surface area contributed by atoms with Gasteiger partial charge < -0.3 is 14.6 Å². The van der Waals surface area contributed by atoms with Crippen LogP contribution in [0.2, 0.25) is 0 Å². The van der Waals surface area contributed by atoms with Gasteiger partial charge in [-0.25, -0.2) is 0 Å². The van der Waals surface area contributed by atoms with E-state index >= 15 is 0 Å². The third kappa shape index (κ3) is 4.60. The first kappa shape index (κ1) is 15.6. The first-order valence-electron chi connectivity index (χ1n) is 7.59. The smallest absolute Gasteiger partial charge is 0.170 e. The lowest BCUT2D eigenvalue weighted by atomic mass is 10.1. The van der Waals surface area contributed by atoms with Gasteiger partial charge in [0.1, 0.15) is 5.75 Å². The Balaban J connectivity index is 2.09. The highest BCUT2D eigenvalue weighted by Gasteiger charge is 2.11. The number of hydrogen-bond donors (Lipinski definition) is 1. The van der Waals surface area contributed by atoms with E-state index in [0.29, 0.717) is 12.5 Å². The quantitative estimate of drug-likeness (QED) is 0.801. The maximum absolute atomic E-state index is 5.89. The van der Waals surface area contributed by atoms with Gasteiger partial charge in [-0.05, 0) is 31.0 Å². The molecule has 0 spiro atoms. The van der Waals surface area contributed by atoms with Crippen molar-refractivity contribution < 1.29 is 9.26 Å². The summed E-state index contributed by atoms with van der Waals surface area (Å²) in [4.78, 5) is 0. The van der Waals surface area contributed by atoms with E-state index in [1.54, 1.807) is 0 Å². The van der Waals surface area contributed by atoms with Crippen molar-refractivity contribution in [1.29, 1.82) is 0 Å². The maximum atomic E-state index is 5.89.